The molecule has 0 saturated heterocycles. The van der Waals surface area contributed by atoms with Crippen LogP contribution < -0.4 is 14.8 Å². The molecule has 0 unspecified atom stereocenters. The average Bonchev–Trinajstić information content (AvgIpc) is 3.20. The number of carbonyl (C=O) groups is 2. The second kappa shape index (κ2) is 8.24. The summed E-state index contributed by atoms with van der Waals surface area (Å²) >= 11 is 6.10. The lowest BCUT2D eigenvalue weighted by atomic mass is 10.1. The highest BCUT2D eigenvalue weighted by Gasteiger charge is 2.17. The van der Waals surface area contributed by atoms with Gasteiger partial charge in [-0.25, -0.2) is 4.79 Å². The van der Waals surface area contributed by atoms with E-state index in [9.17, 15) is 9.59 Å². The van der Waals surface area contributed by atoms with Crippen LogP contribution in [0.2, 0.25) is 5.02 Å². The van der Waals surface area contributed by atoms with E-state index >= 15 is 0 Å². The fourth-order valence-corrected chi connectivity index (χ4v) is 3.23. The van der Waals surface area contributed by atoms with Crippen LogP contribution in [0, 0.1) is 0 Å². The number of halogens is 1. The fourth-order valence-electron chi connectivity index (χ4n) is 2.95. The van der Waals surface area contributed by atoms with Gasteiger partial charge in [0.1, 0.15) is 0 Å². The number of rotatable bonds is 5. The van der Waals surface area contributed by atoms with Gasteiger partial charge < -0.3 is 19.5 Å². The summed E-state index contributed by atoms with van der Waals surface area (Å²) in [4.78, 5) is 24.1. The molecule has 1 N–H and O–H groups in total. The Morgan fingerprint density at radius 3 is 2.83 bits per heavy atom. The summed E-state index contributed by atoms with van der Waals surface area (Å²) in [5.41, 5.74) is 1.31. The minimum absolute atomic E-state index is 0.107. The third kappa shape index (κ3) is 4.33. The number of carbonyl (C=O) groups excluding carboxylic acids is 2. The molecule has 4 rings (SSSR count). The van der Waals surface area contributed by atoms with Crippen LogP contribution in [0.25, 0.3) is 16.8 Å². The maximum Gasteiger partial charge on any atom is 0.331 e. The van der Waals surface area contributed by atoms with Gasteiger partial charge >= 0.3 is 5.97 Å². The van der Waals surface area contributed by atoms with Crippen LogP contribution in [0.3, 0.4) is 0 Å². The first-order chi connectivity index (χ1) is 14.1. The van der Waals surface area contributed by atoms with Crippen LogP contribution in [0.1, 0.15) is 5.56 Å². The van der Waals surface area contributed by atoms with Crippen LogP contribution in [0.5, 0.6) is 11.5 Å². The first-order valence-electron chi connectivity index (χ1n) is 8.82. The standard InChI is InChI=1S/C22H16ClNO5/c23-17-10-14(11-19-22(17)29-13-28-19)8-9-21(26)27-12-20(25)24-18-7-3-5-15-4-1-2-6-16(15)18/h1-11H,12-13H2,(H,24,25)/b9-8+. The van der Waals surface area contributed by atoms with Crippen LogP contribution in [-0.2, 0) is 14.3 Å². The van der Waals surface area contributed by atoms with Crippen molar-refractivity contribution in [3.05, 3.63) is 71.3 Å². The number of hydrogen-bond acceptors (Lipinski definition) is 5. The van der Waals surface area contributed by atoms with Gasteiger partial charge in [0, 0.05) is 17.1 Å². The van der Waals surface area contributed by atoms with Gasteiger partial charge in [-0.15, -0.1) is 0 Å². The maximum absolute atomic E-state index is 12.1. The van der Waals surface area contributed by atoms with Crippen molar-refractivity contribution < 1.29 is 23.8 Å². The molecule has 0 atom stereocenters. The van der Waals surface area contributed by atoms with Gasteiger partial charge in [-0.2, -0.15) is 0 Å². The Bertz CT molecular complexity index is 1120. The molecule has 0 saturated carbocycles. The predicted molar refractivity (Wildman–Crippen MR) is 110 cm³/mol. The highest BCUT2D eigenvalue weighted by molar-refractivity contribution is 6.32. The van der Waals surface area contributed by atoms with Crippen LogP contribution in [-0.4, -0.2) is 25.3 Å². The van der Waals surface area contributed by atoms with E-state index in [-0.39, 0.29) is 6.79 Å². The van der Waals surface area contributed by atoms with E-state index in [1.54, 1.807) is 18.2 Å². The molecule has 1 aliphatic heterocycles. The third-order valence-corrected chi connectivity index (χ3v) is 4.55. The van der Waals surface area contributed by atoms with E-state index in [4.69, 9.17) is 25.8 Å². The summed E-state index contributed by atoms with van der Waals surface area (Å²) in [5.74, 6) is -0.0717. The maximum atomic E-state index is 12.1. The number of anilines is 1. The second-order valence-electron chi connectivity index (χ2n) is 6.25. The topological polar surface area (TPSA) is 73.9 Å². The highest BCUT2D eigenvalue weighted by Crippen LogP contribution is 2.40. The molecule has 3 aromatic rings. The summed E-state index contributed by atoms with van der Waals surface area (Å²) in [6, 6.07) is 16.6. The lowest BCUT2D eigenvalue weighted by Crippen LogP contribution is -2.20. The van der Waals surface area contributed by atoms with E-state index < -0.39 is 18.5 Å². The molecule has 6 nitrogen and oxygen atoms in total. The molecule has 0 aromatic heterocycles. The van der Waals surface area contributed by atoms with Crippen molar-refractivity contribution in [2.75, 3.05) is 18.7 Å². The molecule has 0 radical (unpaired) electrons. The smallest absolute Gasteiger partial charge is 0.331 e. The molecule has 3 aromatic carbocycles. The van der Waals surface area contributed by atoms with E-state index in [1.165, 1.54) is 12.2 Å². The zero-order valence-electron chi connectivity index (χ0n) is 15.2. The third-order valence-electron chi connectivity index (χ3n) is 4.27. The molecule has 0 bridgehead atoms. The molecular formula is C22H16ClNO5. The largest absolute Gasteiger partial charge is 0.454 e. The lowest BCUT2D eigenvalue weighted by Gasteiger charge is -2.08. The van der Waals surface area contributed by atoms with E-state index in [1.807, 2.05) is 36.4 Å². The molecule has 29 heavy (non-hydrogen) atoms. The Morgan fingerprint density at radius 1 is 1.10 bits per heavy atom. The molecule has 1 amide bonds. The first-order valence-corrected chi connectivity index (χ1v) is 9.19. The number of amides is 1. The number of nitrogens with one attached hydrogen (secondary N) is 1. The highest BCUT2D eigenvalue weighted by atomic mass is 35.5. The number of hydrogen-bond donors (Lipinski definition) is 1. The minimum Gasteiger partial charge on any atom is -0.454 e. The predicted octanol–water partition coefficient (Wildman–Crippen LogP) is 4.42. The van der Waals surface area contributed by atoms with Gasteiger partial charge in [-0.1, -0.05) is 48.0 Å². The van der Waals surface area contributed by atoms with Crippen LogP contribution in [0.4, 0.5) is 5.69 Å². The van der Waals surface area contributed by atoms with E-state index in [2.05, 4.69) is 5.32 Å². The number of benzene rings is 3. The number of ether oxygens (including phenoxy) is 3. The lowest BCUT2D eigenvalue weighted by molar-refractivity contribution is -0.142. The van der Waals surface area contributed by atoms with Crippen molar-refractivity contribution in [3.8, 4) is 11.5 Å². The molecule has 146 valence electrons. The zero-order valence-corrected chi connectivity index (χ0v) is 15.9. The van der Waals surface area contributed by atoms with Gasteiger partial charge in [-0.3, -0.25) is 4.79 Å². The van der Waals surface area contributed by atoms with Gasteiger partial charge in [0.2, 0.25) is 6.79 Å². The number of esters is 1. The quantitative estimate of drug-likeness (QED) is 0.499. The second-order valence-corrected chi connectivity index (χ2v) is 6.66. The fraction of sp³-hybridized carbons (Fsp3) is 0.0909. The van der Waals surface area contributed by atoms with Crippen molar-refractivity contribution in [3.63, 3.8) is 0 Å². The van der Waals surface area contributed by atoms with Crippen LogP contribution >= 0.6 is 11.6 Å². The Morgan fingerprint density at radius 2 is 1.93 bits per heavy atom. The molecular weight excluding hydrogens is 394 g/mol. The number of fused-ring (bicyclic) bond motifs is 2. The van der Waals surface area contributed by atoms with Gasteiger partial charge in [0.05, 0.1) is 5.02 Å². The first kappa shape index (κ1) is 18.8. The van der Waals surface area contributed by atoms with Crippen molar-refractivity contribution >= 4 is 46.0 Å². The Labute approximate surface area is 171 Å². The molecule has 1 heterocycles. The average molecular weight is 410 g/mol. The van der Waals surface area contributed by atoms with Crippen molar-refractivity contribution in [2.45, 2.75) is 0 Å². The summed E-state index contributed by atoms with van der Waals surface area (Å²) in [5, 5.41) is 5.07. The summed E-state index contributed by atoms with van der Waals surface area (Å²) in [6.45, 7) is -0.287. The SMILES string of the molecule is O=C(COC(=O)/C=C/c1cc(Cl)c2c(c1)OCO2)Nc1cccc2ccccc12. The van der Waals surface area contributed by atoms with E-state index in [0.717, 1.165) is 10.8 Å². The normalized spacial score (nSPS) is 12.3. The Kier molecular flexibility index (Phi) is 5.35. The summed E-state index contributed by atoms with van der Waals surface area (Å²) < 4.78 is 15.5. The summed E-state index contributed by atoms with van der Waals surface area (Å²) in [7, 11) is 0. The monoisotopic (exact) mass is 409 g/mol. The molecule has 0 fully saturated rings. The van der Waals surface area contributed by atoms with Crippen LogP contribution in [0.15, 0.2) is 60.7 Å². The Hall–Kier alpha value is -3.51. The van der Waals surface area contributed by atoms with Gasteiger partial charge in [0.25, 0.3) is 5.91 Å². The molecule has 1 aliphatic rings. The Balaban J connectivity index is 1.34. The van der Waals surface area contributed by atoms with Crippen molar-refractivity contribution in [2.24, 2.45) is 0 Å². The molecule has 0 aliphatic carbocycles. The molecule has 7 heteroatoms. The minimum atomic E-state index is -0.646. The summed E-state index contributed by atoms with van der Waals surface area (Å²) in [6.07, 6.45) is 2.75. The van der Waals surface area contributed by atoms with Gasteiger partial charge in [-0.05, 0) is 35.2 Å². The van der Waals surface area contributed by atoms with Crippen molar-refractivity contribution in [1.82, 2.24) is 0 Å². The van der Waals surface area contributed by atoms with Crippen molar-refractivity contribution in [1.29, 1.82) is 0 Å². The molecule has 0 spiro atoms. The zero-order chi connectivity index (χ0) is 20.2. The van der Waals surface area contributed by atoms with E-state index in [0.29, 0.717) is 27.8 Å². The van der Waals surface area contributed by atoms with Gasteiger partial charge in [0.15, 0.2) is 18.1 Å².